The fraction of sp³-hybridized carbons (Fsp3) is 0.379. The highest BCUT2D eigenvalue weighted by molar-refractivity contribution is 5.64. The van der Waals surface area contributed by atoms with E-state index in [1.165, 1.54) is 5.56 Å². The molecule has 3 aromatic rings. The Balaban J connectivity index is 0.00000121. The molecule has 0 amide bonds. The van der Waals surface area contributed by atoms with Crippen LogP contribution < -0.4 is 10.6 Å². The first-order chi connectivity index (χ1) is 15.2. The summed E-state index contributed by atoms with van der Waals surface area (Å²) in [5.74, 6) is 0.408. The second-order valence-corrected chi connectivity index (χ2v) is 8.04. The van der Waals surface area contributed by atoms with Crippen LogP contribution in [0.2, 0.25) is 0 Å². The summed E-state index contributed by atoms with van der Waals surface area (Å²) in [6, 6.07) is 18.5. The zero-order chi connectivity index (χ0) is 24.5. The van der Waals surface area contributed by atoms with Crippen molar-refractivity contribution in [2.45, 2.75) is 74.8 Å². The van der Waals surface area contributed by atoms with E-state index < -0.39 is 0 Å². The Morgan fingerprint density at radius 2 is 1.00 bits per heavy atom. The van der Waals surface area contributed by atoms with Crippen LogP contribution in [-0.2, 0) is 5.54 Å². The molecule has 0 atom stereocenters. The van der Waals surface area contributed by atoms with Gasteiger partial charge in [-0.1, -0.05) is 45.9 Å². The Hall–Kier alpha value is -2.94. The predicted octanol–water partition coefficient (Wildman–Crippen LogP) is 8.77. The maximum atomic E-state index is 10.4. The summed E-state index contributed by atoms with van der Waals surface area (Å²) in [6.07, 6.45) is 0. The molecule has 0 saturated heterocycles. The number of rotatable bonds is 5. The van der Waals surface area contributed by atoms with E-state index in [2.05, 4.69) is 74.7 Å². The van der Waals surface area contributed by atoms with Crippen molar-refractivity contribution in [2.75, 3.05) is 10.6 Å². The summed E-state index contributed by atoms with van der Waals surface area (Å²) < 4.78 is 0. The molecule has 0 aliphatic heterocycles. The van der Waals surface area contributed by atoms with E-state index in [4.69, 9.17) is 0 Å². The molecule has 174 valence electrons. The third-order valence-electron chi connectivity index (χ3n) is 5.61. The largest absolute Gasteiger partial charge is 0.507 e. The Labute approximate surface area is 195 Å². The second kappa shape index (κ2) is 12.2. The summed E-state index contributed by atoms with van der Waals surface area (Å²) in [5.41, 5.74) is 8.35. The SMILES string of the molecule is CC.CC.Cc1c(C)c(C(C)(C)Nc2ccc(Nc3ccccc3)cc2)c(C)c(C)c1O. The maximum Gasteiger partial charge on any atom is 0.121 e. The molecule has 32 heavy (non-hydrogen) atoms. The molecule has 3 rings (SSSR count). The third-order valence-corrected chi connectivity index (χ3v) is 5.61. The zero-order valence-electron chi connectivity index (χ0n) is 21.6. The third kappa shape index (κ3) is 6.29. The summed E-state index contributed by atoms with van der Waals surface area (Å²) >= 11 is 0. The number of phenolic OH excluding ortho intramolecular Hbond substituents is 1. The van der Waals surface area contributed by atoms with E-state index in [1.54, 1.807) is 0 Å². The molecule has 0 radical (unpaired) electrons. The molecular weight excluding hydrogens is 392 g/mol. The fourth-order valence-corrected chi connectivity index (χ4v) is 3.98. The van der Waals surface area contributed by atoms with Crippen molar-refractivity contribution < 1.29 is 5.11 Å². The van der Waals surface area contributed by atoms with Gasteiger partial charge < -0.3 is 15.7 Å². The van der Waals surface area contributed by atoms with Crippen LogP contribution in [0.15, 0.2) is 54.6 Å². The Bertz CT molecular complexity index is 945. The molecule has 0 heterocycles. The first kappa shape index (κ1) is 27.1. The van der Waals surface area contributed by atoms with E-state index in [-0.39, 0.29) is 5.54 Å². The number of hydrogen-bond acceptors (Lipinski definition) is 3. The average Bonchev–Trinajstić information content (AvgIpc) is 2.81. The molecule has 0 unspecified atom stereocenters. The highest BCUT2D eigenvalue weighted by atomic mass is 16.3. The van der Waals surface area contributed by atoms with Crippen LogP contribution in [0, 0.1) is 27.7 Å². The van der Waals surface area contributed by atoms with Gasteiger partial charge in [-0.15, -0.1) is 0 Å². The number of aromatic hydroxyl groups is 1. The highest BCUT2D eigenvalue weighted by Crippen LogP contribution is 2.38. The van der Waals surface area contributed by atoms with Gasteiger partial charge in [0.1, 0.15) is 5.75 Å². The quantitative estimate of drug-likeness (QED) is 0.376. The number of benzene rings is 3. The van der Waals surface area contributed by atoms with Crippen molar-refractivity contribution in [3.05, 3.63) is 82.4 Å². The summed E-state index contributed by atoms with van der Waals surface area (Å²) in [4.78, 5) is 0. The van der Waals surface area contributed by atoms with Crippen LogP contribution in [0.25, 0.3) is 0 Å². The molecule has 0 aromatic heterocycles. The Morgan fingerprint density at radius 3 is 1.47 bits per heavy atom. The van der Waals surface area contributed by atoms with E-state index in [0.717, 1.165) is 39.3 Å². The first-order valence-corrected chi connectivity index (χ1v) is 11.7. The normalized spacial score (nSPS) is 10.3. The second-order valence-electron chi connectivity index (χ2n) is 8.04. The van der Waals surface area contributed by atoms with Crippen molar-refractivity contribution in [2.24, 2.45) is 0 Å². The number of nitrogens with one attached hydrogen (secondary N) is 2. The van der Waals surface area contributed by atoms with Crippen LogP contribution in [-0.4, -0.2) is 5.11 Å². The highest BCUT2D eigenvalue weighted by Gasteiger charge is 2.27. The van der Waals surface area contributed by atoms with Crippen molar-refractivity contribution in [3.63, 3.8) is 0 Å². The number of hydrogen-bond donors (Lipinski definition) is 3. The molecule has 3 nitrogen and oxygen atoms in total. The lowest BCUT2D eigenvalue weighted by Gasteiger charge is -2.33. The van der Waals surface area contributed by atoms with E-state index in [9.17, 15) is 5.11 Å². The molecule has 0 bridgehead atoms. The average molecular weight is 435 g/mol. The smallest absolute Gasteiger partial charge is 0.121 e. The van der Waals surface area contributed by atoms with Crippen molar-refractivity contribution >= 4 is 17.1 Å². The van der Waals surface area contributed by atoms with E-state index >= 15 is 0 Å². The minimum atomic E-state index is -0.272. The van der Waals surface area contributed by atoms with Crippen LogP contribution >= 0.6 is 0 Å². The summed E-state index contributed by atoms with van der Waals surface area (Å²) in [5, 5.41) is 17.5. The van der Waals surface area contributed by atoms with Gasteiger partial charge >= 0.3 is 0 Å². The minimum absolute atomic E-state index is 0.272. The van der Waals surface area contributed by atoms with Gasteiger partial charge in [0.2, 0.25) is 0 Å². The van der Waals surface area contributed by atoms with Gasteiger partial charge in [0, 0.05) is 17.1 Å². The predicted molar refractivity (Wildman–Crippen MR) is 143 cm³/mol. The number of para-hydroxylation sites is 1. The summed E-state index contributed by atoms with van der Waals surface area (Å²) in [7, 11) is 0. The van der Waals surface area contributed by atoms with Gasteiger partial charge in [-0.05, 0) is 106 Å². The number of anilines is 3. The Morgan fingerprint density at radius 1 is 0.594 bits per heavy atom. The van der Waals surface area contributed by atoms with Crippen LogP contribution in [0.1, 0.15) is 69.4 Å². The van der Waals surface area contributed by atoms with Gasteiger partial charge in [0.05, 0.1) is 5.54 Å². The molecule has 0 saturated carbocycles. The van der Waals surface area contributed by atoms with Gasteiger partial charge in [-0.25, -0.2) is 0 Å². The van der Waals surface area contributed by atoms with E-state index in [0.29, 0.717) is 5.75 Å². The van der Waals surface area contributed by atoms with E-state index in [1.807, 2.05) is 59.7 Å². The monoisotopic (exact) mass is 434 g/mol. The standard InChI is InChI=1S/C25H30N2O.2C2H6/c1-16-18(3)24(28)19(4)17(2)23(16)25(5,6)27-22-14-12-21(13-15-22)26-20-10-8-7-9-11-20;2*1-2/h7-15,26-28H,1-6H3;2*1-2H3. The van der Waals surface area contributed by atoms with Crippen LogP contribution in [0.4, 0.5) is 17.1 Å². The molecule has 3 aromatic carbocycles. The molecule has 3 N–H and O–H groups in total. The van der Waals surface area contributed by atoms with Gasteiger partial charge in [-0.3, -0.25) is 0 Å². The molecular formula is C29H42N2O. The molecule has 0 fully saturated rings. The lowest BCUT2D eigenvalue weighted by Crippen LogP contribution is -2.30. The van der Waals surface area contributed by atoms with Gasteiger partial charge in [0.25, 0.3) is 0 Å². The van der Waals surface area contributed by atoms with Gasteiger partial charge in [-0.2, -0.15) is 0 Å². The fourth-order valence-electron chi connectivity index (χ4n) is 3.98. The zero-order valence-corrected chi connectivity index (χ0v) is 21.6. The topological polar surface area (TPSA) is 44.3 Å². The Kier molecular flexibility index (Phi) is 10.3. The van der Waals surface area contributed by atoms with Crippen molar-refractivity contribution in [3.8, 4) is 5.75 Å². The molecule has 0 aliphatic carbocycles. The minimum Gasteiger partial charge on any atom is -0.507 e. The maximum absolute atomic E-state index is 10.4. The number of phenols is 1. The van der Waals surface area contributed by atoms with Crippen molar-refractivity contribution in [1.82, 2.24) is 0 Å². The lowest BCUT2D eigenvalue weighted by molar-refractivity contribution is 0.463. The first-order valence-electron chi connectivity index (χ1n) is 11.7. The van der Waals surface area contributed by atoms with Crippen LogP contribution in [0.3, 0.4) is 0 Å². The molecule has 0 spiro atoms. The van der Waals surface area contributed by atoms with Gasteiger partial charge in [0.15, 0.2) is 0 Å². The van der Waals surface area contributed by atoms with Crippen molar-refractivity contribution in [1.29, 1.82) is 0 Å². The molecule has 3 heteroatoms. The van der Waals surface area contributed by atoms with Crippen LogP contribution in [0.5, 0.6) is 5.75 Å². The lowest BCUT2D eigenvalue weighted by atomic mass is 9.82. The molecule has 0 aliphatic rings. The summed E-state index contributed by atoms with van der Waals surface area (Å²) in [6.45, 7) is 20.5.